The first-order valence-electron chi connectivity index (χ1n) is 6.63. The SMILES string of the molecule is Oc1ccccc1-c1cc(F)c(-c2ccccc2O)cc1F. The van der Waals surface area contributed by atoms with E-state index in [1.807, 2.05) is 0 Å². The molecule has 3 rings (SSSR count). The lowest BCUT2D eigenvalue weighted by Gasteiger charge is -2.11. The smallest absolute Gasteiger partial charge is 0.131 e. The fraction of sp³-hybridized carbons (Fsp3) is 0. The van der Waals surface area contributed by atoms with Crippen molar-refractivity contribution in [3.63, 3.8) is 0 Å². The van der Waals surface area contributed by atoms with Gasteiger partial charge in [0.2, 0.25) is 0 Å². The molecule has 3 aromatic carbocycles. The van der Waals surface area contributed by atoms with Gasteiger partial charge in [0.15, 0.2) is 0 Å². The van der Waals surface area contributed by atoms with Crippen LogP contribution >= 0.6 is 0 Å². The molecule has 110 valence electrons. The fourth-order valence-corrected chi connectivity index (χ4v) is 2.36. The molecule has 22 heavy (non-hydrogen) atoms. The summed E-state index contributed by atoms with van der Waals surface area (Å²) in [4.78, 5) is 0. The second-order valence-electron chi connectivity index (χ2n) is 4.85. The molecule has 0 bridgehead atoms. The molecule has 0 saturated carbocycles. The van der Waals surface area contributed by atoms with E-state index >= 15 is 0 Å². The van der Waals surface area contributed by atoms with E-state index in [0.717, 1.165) is 12.1 Å². The van der Waals surface area contributed by atoms with Crippen LogP contribution in [0.3, 0.4) is 0 Å². The molecule has 2 nitrogen and oxygen atoms in total. The predicted octanol–water partition coefficient (Wildman–Crippen LogP) is 4.71. The number of hydrogen-bond acceptors (Lipinski definition) is 2. The van der Waals surface area contributed by atoms with Gasteiger partial charge in [-0.25, -0.2) is 8.78 Å². The van der Waals surface area contributed by atoms with E-state index in [-0.39, 0.29) is 33.8 Å². The monoisotopic (exact) mass is 298 g/mol. The van der Waals surface area contributed by atoms with Crippen LogP contribution in [0.25, 0.3) is 22.3 Å². The zero-order valence-corrected chi connectivity index (χ0v) is 11.4. The largest absolute Gasteiger partial charge is 0.507 e. The van der Waals surface area contributed by atoms with Gasteiger partial charge in [-0.1, -0.05) is 36.4 Å². The van der Waals surface area contributed by atoms with E-state index in [1.165, 1.54) is 24.3 Å². The van der Waals surface area contributed by atoms with E-state index in [9.17, 15) is 19.0 Å². The van der Waals surface area contributed by atoms with E-state index in [2.05, 4.69) is 0 Å². The first-order valence-corrected chi connectivity index (χ1v) is 6.63. The molecule has 0 aliphatic carbocycles. The molecule has 0 spiro atoms. The molecular weight excluding hydrogens is 286 g/mol. The molecular formula is C18H12F2O2. The molecule has 0 unspecified atom stereocenters. The quantitative estimate of drug-likeness (QED) is 0.719. The van der Waals surface area contributed by atoms with Crippen LogP contribution in [0.5, 0.6) is 11.5 Å². The summed E-state index contributed by atoms with van der Waals surface area (Å²) in [6.07, 6.45) is 0. The number of phenolic OH excluding ortho intramolecular Hbond substituents is 2. The summed E-state index contributed by atoms with van der Waals surface area (Å²) in [5, 5.41) is 19.6. The summed E-state index contributed by atoms with van der Waals surface area (Å²) in [7, 11) is 0. The average molecular weight is 298 g/mol. The van der Waals surface area contributed by atoms with Crippen LogP contribution < -0.4 is 0 Å². The second-order valence-corrected chi connectivity index (χ2v) is 4.85. The van der Waals surface area contributed by atoms with Crippen LogP contribution in [0, 0.1) is 11.6 Å². The van der Waals surface area contributed by atoms with Gasteiger partial charge in [-0.3, -0.25) is 0 Å². The lowest BCUT2D eigenvalue weighted by Crippen LogP contribution is -1.92. The van der Waals surface area contributed by atoms with Gasteiger partial charge in [-0.05, 0) is 24.3 Å². The third-order valence-corrected chi connectivity index (χ3v) is 3.45. The predicted molar refractivity (Wildman–Crippen MR) is 80.6 cm³/mol. The van der Waals surface area contributed by atoms with Gasteiger partial charge in [0.05, 0.1) is 0 Å². The summed E-state index contributed by atoms with van der Waals surface area (Å²) in [5.41, 5.74) is 0.356. The van der Waals surface area contributed by atoms with Crippen molar-refractivity contribution in [1.82, 2.24) is 0 Å². The highest BCUT2D eigenvalue weighted by molar-refractivity contribution is 5.76. The van der Waals surface area contributed by atoms with Crippen molar-refractivity contribution in [3.05, 3.63) is 72.3 Å². The topological polar surface area (TPSA) is 40.5 Å². The van der Waals surface area contributed by atoms with Crippen LogP contribution in [0.15, 0.2) is 60.7 Å². The Morgan fingerprint density at radius 2 is 0.909 bits per heavy atom. The summed E-state index contributed by atoms with van der Waals surface area (Å²) in [6, 6.07) is 14.3. The maximum atomic E-state index is 14.4. The Labute approximate surface area is 125 Å². The lowest BCUT2D eigenvalue weighted by molar-refractivity contribution is 0.475. The third-order valence-electron chi connectivity index (χ3n) is 3.45. The van der Waals surface area contributed by atoms with E-state index in [4.69, 9.17) is 0 Å². The van der Waals surface area contributed by atoms with Crippen molar-refractivity contribution in [3.8, 4) is 33.8 Å². The van der Waals surface area contributed by atoms with Crippen molar-refractivity contribution in [2.24, 2.45) is 0 Å². The molecule has 0 atom stereocenters. The Balaban J connectivity index is 2.18. The number of para-hydroxylation sites is 2. The number of aromatic hydroxyl groups is 2. The molecule has 0 heterocycles. The van der Waals surface area contributed by atoms with Crippen molar-refractivity contribution >= 4 is 0 Å². The van der Waals surface area contributed by atoms with Crippen LogP contribution in [0.4, 0.5) is 8.78 Å². The second kappa shape index (κ2) is 5.48. The van der Waals surface area contributed by atoms with Crippen molar-refractivity contribution < 1.29 is 19.0 Å². The minimum atomic E-state index is -0.679. The number of rotatable bonds is 2. The van der Waals surface area contributed by atoms with Crippen LogP contribution in [0.2, 0.25) is 0 Å². The standard InChI is InChI=1S/C18H12F2O2/c19-15-10-14(12-6-2-4-8-18(12)22)16(20)9-13(15)11-5-1-3-7-17(11)21/h1-10,21-22H. The molecule has 0 aromatic heterocycles. The van der Waals surface area contributed by atoms with Crippen molar-refractivity contribution in [1.29, 1.82) is 0 Å². The summed E-state index contributed by atoms with van der Waals surface area (Å²) in [6.45, 7) is 0. The maximum absolute atomic E-state index is 14.4. The molecule has 0 saturated heterocycles. The highest BCUT2D eigenvalue weighted by Gasteiger charge is 2.16. The van der Waals surface area contributed by atoms with E-state index in [0.29, 0.717) is 0 Å². The molecule has 2 N–H and O–H groups in total. The molecule has 0 fully saturated rings. The molecule has 0 radical (unpaired) electrons. The van der Waals surface area contributed by atoms with Gasteiger partial charge in [-0.2, -0.15) is 0 Å². The van der Waals surface area contributed by atoms with Crippen LogP contribution in [0.1, 0.15) is 0 Å². The van der Waals surface area contributed by atoms with E-state index < -0.39 is 11.6 Å². The Kier molecular flexibility index (Phi) is 3.51. The number of hydrogen-bond donors (Lipinski definition) is 2. The summed E-state index contributed by atoms with van der Waals surface area (Å²) < 4.78 is 28.7. The summed E-state index contributed by atoms with van der Waals surface area (Å²) >= 11 is 0. The zero-order chi connectivity index (χ0) is 15.7. The van der Waals surface area contributed by atoms with Crippen LogP contribution in [-0.4, -0.2) is 10.2 Å². The van der Waals surface area contributed by atoms with Crippen LogP contribution in [-0.2, 0) is 0 Å². The van der Waals surface area contributed by atoms with Gasteiger partial charge in [0.25, 0.3) is 0 Å². The van der Waals surface area contributed by atoms with Gasteiger partial charge in [-0.15, -0.1) is 0 Å². The highest BCUT2D eigenvalue weighted by atomic mass is 19.1. The maximum Gasteiger partial charge on any atom is 0.131 e. The number of phenols is 2. The van der Waals surface area contributed by atoms with Crippen molar-refractivity contribution in [2.45, 2.75) is 0 Å². The third kappa shape index (κ3) is 2.39. The first kappa shape index (κ1) is 14.1. The molecule has 4 heteroatoms. The van der Waals surface area contributed by atoms with Gasteiger partial charge in [0.1, 0.15) is 23.1 Å². The van der Waals surface area contributed by atoms with Gasteiger partial charge >= 0.3 is 0 Å². The fourth-order valence-electron chi connectivity index (χ4n) is 2.36. The van der Waals surface area contributed by atoms with Crippen molar-refractivity contribution in [2.75, 3.05) is 0 Å². The molecule has 0 aliphatic rings. The van der Waals surface area contributed by atoms with E-state index in [1.54, 1.807) is 24.3 Å². The normalized spacial score (nSPS) is 10.6. The molecule has 0 aliphatic heterocycles. The Hall–Kier alpha value is -2.88. The average Bonchev–Trinajstić information content (AvgIpc) is 2.51. The summed E-state index contributed by atoms with van der Waals surface area (Å²) in [5.74, 6) is -1.62. The highest BCUT2D eigenvalue weighted by Crippen LogP contribution is 2.37. The molecule has 0 amide bonds. The first-order chi connectivity index (χ1) is 10.6. The Morgan fingerprint density at radius 1 is 0.545 bits per heavy atom. The Morgan fingerprint density at radius 3 is 1.27 bits per heavy atom. The van der Waals surface area contributed by atoms with Gasteiger partial charge < -0.3 is 10.2 Å². The Bertz CT molecular complexity index is 773. The zero-order valence-electron chi connectivity index (χ0n) is 11.4. The number of benzene rings is 3. The minimum Gasteiger partial charge on any atom is -0.507 e. The molecule has 3 aromatic rings. The van der Waals surface area contributed by atoms with Gasteiger partial charge in [0, 0.05) is 22.3 Å². The number of halogens is 2. The lowest BCUT2D eigenvalue weighted by atomic mass is 9.98. The minimum absolute atomic E-state index is 0.0326.